The lowest BCUT2D eigenvalue weighted by atomic mass is 10.0. The first kappa shape index (κ1) is 13.8. The van der Waals surface area contributed by atoms with Crippen LogP contribution in [0.3, 0.4) is 0 Å². The Balaban J connectivity index is 1.85. The SMILES string of the molecule is CC1CC(OC2CCCCCC2Br)CC(C)O1. The number of rotatable bonds is 2. The van der Waals surface area contributed by atoms with Gasteiger partial charge < -0.3 is 9.47 Å². The van der Waals surface area contributed by atoms with E-state index >= 15 is 0 Å². The molecule has 0 aromatic heterocycles. The number of alkyl halides is 1. The Morgan fingerprint density at radius 3 is 2.35 bits per heavy atom. The average Bonchev–Trinajstić information content (AvgIpc) is 2.43. The first-order valence-electron chi connectivity index (χ1n) is 7.10. The first-order valence-corrected chi connectivity index (χ1v) is 8.01. The standard InChI is InChI=1S/C14H25BrO2/c1-10-8-12(9-11(2)16-10)17-14-7-5-3-4-6-13(14)15/h10-14H,3-9H2,1-2H3. The van der Waals surface area contributed by atoms with E-state index in [1.54, 1.807) is 0 Å². The van der Waals surface area contributed by atoms with E-state index in [0.717, 1.165) is 12.8 Å². The smallest absolute Gasteiger partial charge is 0.0703 e. The van der Waals surface area contributed by atoms with E-state index in [2.05, 4.69) is 29.8 Å². The van der Waals surface area contributed by atoms with Crippen LogP contribution in [0.2, 0.25) is 0 Å². The molecule has 4 atom stereocenters. The molecule has 2 aliphatic rings. The summed E-state index contributed by atoms with van der Waals surface area (Å²) < 4.78 is 12.1. The van der Waals surface area contributed by atoms with Crippen LogP contribution >= 0.6 is 15.9 Å². The molecule has 1 aliphatic heterocycles. The molecular weight excluding hydrogens is 280 g/mol. The normalized spacial score (nSPS) is 44.3. The van der Waals surface area contributed by atoms with E-state index in [-0.39, 0.29) is 0 Å². The Kier molecular flexibility index (Phi) is 5.31. The Labute approximate surface area is 114 Å². The van der Waals surface area contributed by atoms with Crippen LogP contribution in [-0.2, 0) is 9.47 Å². The summed E-state index contributed by atoms with van der Waals surface area (Å²) in [6, 6.07) is 0. The van der Waals surface area contributed by atoms with E-state index in [0.29, 0.717) is 29.2 Å². The van der Waals surface area contributed by atoms with E-state index < -0.39 is 0 Å². The molecule has 0 aromatic carbocycles. The van der Waals surface area contributed by atoms with Crippen LogP contribution in [-0.4, -0.2) is 29.2 Å². The van der Waals surface area contributed by atoms with Crippen LogP contribution in [0.5, 0.6) is 0 Å². The Morgan fingerprint density at radius 1 is 1.00 bits per heavy atom. The van der Waals surface area contributed by atoms with Gasteiger partial charge >= 0.3 is 0 Å². The molecule has 2 fully saturated rings. The number of ether oxygens (including phenoxy) is 2. The first-order chi connectivity index (χ1) is 8.15. The maximum absolute atomic E-state index is 6.34. The molecule has 3 heteroatoms. The zero-order valence-corrected chi connectivity index (χ0v) is 12.6. The van der Waals surface area contributed by atoms with Crippen molar-refractivity contribution >= 4 is 15.9 Å². The fourth-order valence-corrected chi connectivity index (χ4v) is 3.80. The molecular formula is C14H25BrO2. The Hall–Kier alpha value is 0.400. The van der Waals surface area contributed by atoms with Crippen molar-refractivity contribution in [1.82, 2.24) is 0 Å². The Morgan fingerprint density at radius 2 is 1.65 bits per heavy atom. The Bertz CT molecular complexity index is 224. The van der Waals surface area contributed by atoms with Gasteiger partial charge in [0.15, 0.2) is 0 Å². The van der Waals surface area contributed by atoms with Crippen LogP contribution in [0.4, 0.5) is 0 Å². The minimum atomic E-state index is 0.350. The number of hydrogen-bond donors (Lipinski definition) is 0. The summed E-state index contributed by atoms with van der Waals surface area (Å²) in [5.41, 5.74) is 0. The molecule has 1 heterocycles. The maximum atomic E-state index is 6.34. The van der Waals surface area contributed by atoms with Crippen molar-refractivity contribution < 1.29 is 9.47 Å². The van der Waals surface area contributed by atoms with Crippen molar-refractivity contribution in [3.8, 4) is 0 Å². The van der Waals surface area contributed by atoms with Gasteiger partial charge in [-0.25, -0.2) is 0 Å². The molecule has 0 spiro atoms. The summed E-state index contributed by atoms with van der Waals surface area (Å²) in [7, 11) is 0. The van der Waals surface area contributed by atoms with Crippen molar-refractivity contribution in [3.63, 3.8) is 0 Å². The van der Waals surface area contributed by atoms with Crippen LogP contribution < -0.4 is 0 Å². The van der Waals surface area contributed by atoms with E-state index in [1.807, 2.05) is 0 Å². The third-order valence-electron chi connectivity index (χ3n) is 3.89. The lowest BCUT2D eigenvalue weighted by Gasteiger charge is -2.35. The topological polar surface area (TPSA) is 18.5 Å². The lowest BCUT2D eigenvalue weighted by molar-refractivity contribution is -0.122. The minimum absolute atomic E-state index is 0.350. The van der Waals surface area contributed by atoms with Gasteiger partial charge in [-0.15, -0.1) is 0 Å². The molecule has 0 amide bonds. The maximum Gasteiger partial charge on any atom is 0.0703 e. The molecule has 1 saturated carbocycles. The monoisotopic (exact) mass is 304 g/mol. The third kappa shape index (κ3) is 4.22. The highest BCUT2D eigenvalue weighted by atomic mass is 79.9. The molecule has 100 valence electrons. The van der Waals surface area contributed by atoms with Crippen molar-refractivity contribution in [2.24, 2.45) is 0 Å². The van der Waals surface area contributed by atoms with E-state index in [4.69, 9.17) is 9.47 Å². The second-order valence-electron chi connectivity index (χ2n) is 5.68. The molecule has 1 saturated heterocycles. The summed E-state index contributed by atoms with van der Waals surface area (Å²) in [6.07, 6.45) is 10.1. The summed E-state index contributed by atoms with van der Waals surface area (Å²) in [4.78, 5) is 0.554. The van der Waals surface area contributed by atoms with Gasteiger partial charge in [-0.2, -0.15) is 0 Å². The van der Waals surface area contributed by atoms with Crippen LogP contribution in [0.1, 0.15) is 58.8 Å². The second kappa shape index (κ2) is 6.53. The summed E-state index contributed by atoms with van der Waals surface area (Å²) in [5, 5.41) is 0. The molecule has 0 radical (unpaired) electrons. The molecule has 2 nitrogen and oxygen atoms in total. The lowest BCUT2D eigenvalue weighted by Crippen LogP contribution is -2.38. The van der Waals surface area contributed by atoms with Gasteiger partial charge in [0.25, 0.3) is 0 Å². The van der Waals surface area contributed by atoms with Gasteiger partial charge in [0.2, 0.25) is 0 Å². The second-order valence-corrected chi connectivity index (χ2v) is 6.86. The highest BCUT2D eigenvalue weighted by Crippen LogP contribution is 2.30. The van der Waals surface area contributed by atoms with Gasteiger partial charge in [0.05, 0.1) is 24.4 Å². The largest absolute Gasteiger partial charge is 0.375 e. The van der Waals surface area contributed by atoms with Crippen LogP contribution in [0, 0.1) is 0 Å². The molecule has 1 aliphatic carbocycles. The predicted molar refractivity (Wildman–Crippen MR) is 73.7 cm³/mol. The van der Waals surface area contributed by atoms with Crippen LogP contribution in [0.15, 0.2) is 0 Å². The molecule has 0 bridgehead atoms. The molecule has 0 N–H and O–H groups in total. The molecule has 2 rings (SSSR count). The van der Waals surface area contributed by atoms with E-state index in [9.17, 15) is 0 Å². The summed E-state index contributed by atoms with van der Waals surface area (Å²) in [5.74, 6) is 0. The average molecular weight is 305 g/mol. The number of hydrogen-bond acceptors (Lipinski definition) is 2. The fourth-order valence-electron chi connectivity index (χ4n) is 3.08. The molecule has 4 unspecified atom stereocenters. The van der Waals surface area contributed by atoms with Crippen molar-refractivity contribution in [2.75, 3.05) is 0 Å². The van der Waals surface area contributed by atoms with Gasteiger partial charge in [-0.1, -0.05) is 35.2 Å². The van der Waals surface area contributed by atoms with E-state index in [1.165, 1.54) is 32.1 Å². The zero-order chi connectivity index (χ0) is 12.3. The summed E-state index contributed by atoms with van der Waals surface area (Å²) in [6.45, 7) is 4.31. The third-order valence-corrected chi connectivity index (χ3v) is 4.94. The minimum Gasteiger partial charge on any atom is -0.375 e. The highest BCUT2D eigenvalue weighted by Gasteiger charge is 2.30. The van der Waals surface area contributed by atoms with Crippen molar-refractivity contribution in [2.45, 2.75) is 88.0 Å². The number of halogens is 1. The van der Waals surface area contributed by atoms with Gasteiger partial charge in [0.1, 0.15) is 0 Å². The van der Waals surface area contributed by atoms with Crippen molar-refractivity contribution in [3.05, 3.63) is 0 Å². The van der Waals surface area contributed by atoms with Gasteiger partial charge in [-0.05, 0) is 39.5 Å². The highest BCUT2D eigenvalue weighted by molar-refractivity contribution is 9.09. The molecule has 0 aromatic rings. The van der Waals surface area contributed by atoms with Crippen molar-refractivity contribution in [1.29, 1.82) is 0 Å². The van der Waals surface area contributed by atoms with Gasteiger partial charge in [-0.3, -0.25) is 0 Å². The van der Waals surface area contributed by atoms with Gasteiger partial charge in [0, 0.05) is 4.83 Å². The molecule has 17 heavy (non-hydrogen) atoms. The van der Waals surface area contributed by atoms with Crippen LogP contribution in [0.25, 0.3) is 0 Å². The fraction of sp³-hybridized carbons (Fsp3) is 1.00. The predicted octanol–water partition coefficient (Wildman–Crippen LogP) is 4.06. The quantitative estimate of drug-likeness (QED) is 0.566. The zero-order valence-electron chi connectivity index (χ0n) is 11.0. The summed E-state index contributed by atoms with van der Waals surface area (Å²) >= 11 is 3.81.